The maximum absolute atomic E-state index is 14.5. The maximum atomic E-state index is 14.5. The van der Waals surface area contributed by atoms with Gasteiger partial charge in [-0.3, -0.25) is 43.3 Å². The lowest BCUT2D eigenvalue weighted by molar-refractivity contribution is -0.132. The molecule has 7 aliphatic rings. The van der Waals surface area contributed by atoms with E-state index in [2.05, 4.69) is 36.9 Å². The number of anilines is 3. The lowest BCUT2D eigenvalue weighted by atomic mass is 9.94. The zero-order chi connectivity index (χ0) is 74.9. The van der Waals surface area contributed by atoms with Gasteiger partial charge in [-0.25, -0.2) is 14.4 Å². The van der Waals surface area contributed by atoms with Crippen LogP contribution in [0.15, 0.2) is 102 Å². The first-order valence-electron chi connectivity index (χ1n) is 36.3. The van der Waals surface area contributed by atoms with Crippen LogP contribution in [-0.2, 0) is 52.2 Å². The van der Waals surface area contributed by atoms with Crippen LogP contribution in [0.3, 0.4) is 0 Å². The van der Waals surface area contributed by atoms with E-state index in [0.717, 1.165) is 65.9 Å². The average molecular weight is 1450 g/mol. The summed E-state index contributed by atoms with van der Waals surface area (Å²) in [6, 6.07) is 25.2. The van der Waals surface area contributed by atoms with Crippen molar-refractivity contribution in [3.05, 3.63) is 119 Å². The summed E-state index contributed by atoms with van der Waals surface area (Å²) in [4.78, 5) is 134. The second-order valence-corrected chi connectivity index (χ2v) is 30.1. The van der Waals surface area contributed by atoms with Crippen LogP contribution in [-0.4, -0.2) is 173 Å². The molecule has 4 fully saturated rings. The molecule has 558 valence electrons. The summed E-state index contributed by atoms with van der Waals surface area (Å²) in [6.45, 7) is 11.7. The van der Waals surface area contributed by atoms with E-state index in [-0.39, 0.29) is 89.9 Å². The summed E-state index contributed by atoms with van der Waals surface area (Å²) in [7, 11) is 3.01. The van der Waals surface area contributed by atoms with Crippen LogP contribution in [0.25, 0.3) is 22.5 Å². The van der Waals surface area contributed by atoms with Crippen molar-refractivity contribution >= 4 is 82.3 Å². The van der Waals surface area contributed by atoms with Gasteiger partial charge in [-0.05, 0) is 144 Å². The van der Waals surface area contributed by atoms with Crippen LogP contribution >= 0.6 is 0 Å². The predicted octanol–water partition coefficient (Wildman–Crippen LogP) is 8.34. The lowest BCUT2D eigenvalue weighted by Crippen LogP contribution is -2.55. The van der Waals surface area contributed by atoms with Crippen molar-refractivity contribution in [3.63, 3.8) is 0 Å². The Labute approximate surface area is 614 Å². The zero-order valence-electron chi connectivity index (χ0n) is 61.0. The fourth-order valence-electron chi connectivity index (χ4n) is 14.7. The highest BCUT2D eigenvalue weighted by Gasteiger charge is 2.58. The summed E-state index contributed by atoms with van der Waals surface area (Å²) in [6.07, 6.45) is 6.58. The van der Waals surface area contributed by atoms with Gasteiger partial charge in [0.1, 0.15) is 24.4 Å². The average Bonchev–Trinajstić information content (AvgIpc) is 1.57. The Morgan fingerprint density at radius 1 is 0.660 bits per heavy atom. The molecule has 2 saturated carbocycles. The molecule has 0 bridgehead atoms. The number of carbonyl (C=O) groups excluding carboxylic acids is 9. The first kappa shape index (κ1) is 73.4. The second kappa shape index (κ2) is 30.3. The molecule has 28 heteroatoms. The van der Waals surface area contributed by atoms with Crippen LogP contribution in [0.4, 0.5) is 27.5 Å². The van der Waals surface area contributed by atoms with Gasteiger partial charge in [-0.15, -0.1) is 5.10 Å². The highest BCUT2D eigenvalue weighted by Crippen LogP contribution is 2.58. The fraction of sp³-hybridized carbons (Fsp3) is 0.462. The van der Waals surface area contributed by atoms with E-state index < -0.39 is 84.5 Å². The topological polar surface area (TPSA) is 336 Å². The van der Waals surface area contributed by atoms with Crippen molar-refractivity contribution in [1.82, 2.24) is 46.1 Å². The Balaban J connectivity index is 0.557. The van der Waals surface area contributed by atoms with Crippen molar-refractivity contribution < 1.29 is 71.9 Å². The quantitative estimate of drug-likeness (QED) is 0.0293. The third-order valence-electron chi connectivity index (χ3n) is 21.0. The maximum Gasteiger partial charge on any atom is 0.416 e. The number of nitrogens with zero attached hydrogens (tertiary/aromatic N) is 8. The highest BCUT2D eigenvalue weighted by molar-refractivity contribution is 6.07. The van der Waals surface area contributed by atoms with Crippen molar-refractivity contribution in [2.24, 2.45) is 21.7 Å². The molecule has 9 amide bonds. The van der Waals surface area contributed by atoms with Crippen LogP contribution in [0.2, 0.25) is 0 Å². The van der Waals surface area contributed by atoms with E-state index in [1.165, 1.54) is 26.2 Å². The number of aliphatic hydroxyl groups is 1. The number of aliphatic imine (C=N–C) groups is 1. The number of rotatable bonds is 25. The smallest absolute Gasteiger partial charge is 0.416 e. The van der Waals surface area contributed by atoms with Crippen LogP contribution in [0.1, 0.15) is 144 Å². The Kier molecular flexibility index (Phi) is 21.0. The molecule has 6 N–H and O–H groups in total. The molecule has 0 radical (unpaired) electrons. The number of aliphatic hydroxyl groups excluding tert-OH is 1. The van der Waals surface area contributed by atoms with E-state index in [1.54, 1.807) is 67.2 Å². The number of methoxy groups -OCH3 is 2. The van der Waals surface area contributed by atoms with E-state index in [1.807, 2.05) is 85.1 Å². The van der Waals surface area contributed by atoms with Gasteiger partial charge < -0.3 is 70.1 Å². The van der Waals surface area contributed by atoms with Crippen LogP contribution < -0.4 is 55.3 Å². The summed E-state index contributed by atoms with van der Waals surface area (Å²) >= 11 is 0. The Morgan fingerprint density at radius 2 is 1.29 bits per heavy atom. The van der Waals surface area contributed by atoms with Gasteiger partial charge in [-0.1, -0.05) is 73.7 Å². The number of aromatic nitrogens is 3. The number of ether oxygens (including phenoxy) is 5. The van der Waals surface area contributed by atoms with Crippen molar-refractivity contribution in [1.29, 1.82) is 0 Å². The van der Waals surface area contributed by atoms with Gasteiger partial charge in [0.05, 0.1) is 98.6 Å². The molecular weight excluding hydrogens is 1360 g/mol. The standard InChI is InChI=1S/C78H91N13O15/c1-45(2)67(84-65(94)40-81-64(93)39-80-63(92)24-25-66(95)87-41-48-16-10-11-17-51(48)68-69(52-18-12-13-19-56(52)87)91(86-85-68)76(4,5)6)71(97)82-46(3)70(96)83-49-22-20-47(21-23-49)42-106-75(101)90-57-35-62(60(103-8)33-54(57)73(99)89-44-78(28-29-78)37-58(89)74(90)100)105-31-15-9-14-30-104-61-34-55-53(32-59(61)102-7)72(98)88-43-77(26-27-77)36-50(88)38-79-55/h10-13,16-23,32-35,38,45-46,50,58,67,74,100H,9,14-15,24-31,36-37,39-44H2,1-8H3,(H,80,92)(H,81,93)(H,82,97)(H,83,96)(H,84,94)/t46-,50-,58-,67-,74-/m0/s1. The van der Waals surface area contributed by atoms with E-state index in [0.29, 0.717) is 84.2 Å². The molecule has 1 aromatic heterocycles. The minimum atomic E-state index is -1.47. The predicted molar refractivity (Wildman–Crippen MR) is 392 cm³/mol. The van der Waals surface area contributed by atoms with Crippen molar-refractivity contribution in [2.45, 2.75) is 161 Å². The lowest BCUT2D eigenvalue weighted by Gasteiger charge is -2.31. The number of amides is 9. The number of unbranched alkanes of at least 4 members (excludes halogenated alkanes) is 2. The monoisotopic (exact) mass is 1450 g/mol. The molecule has 0 unspecified atom stereocenters. The van der Waals surface area contributed by atoms with Gasteiger partial charge in [0.15, 0.2) is 29.2 Å². The molecule has 28 nitrogen and oxygen atoms in total. The third-order valence-corrected chi connectivity index (χ3v) is 21.0. The molecule has 5 atom stereocenters. The number of hydrogen-bond acceptors (Lipinski definition) is 18. The van der Waals surface area contributed by atoms with Gasteiger partial charge in [0, 0.05) is 61.1 Å². The first-order chi connectivity index (χ1) is 50.8. The number of nitrogens with one attached hydrogen (secondary N) is 5. The van der Waals surface area contributed by atoms with Crippen LogP contribution in [0.5, 0.6) is 23.0 Å². The second-order valence-electron chi connectivity index (χ2n) is 30.1. The molecule has 5 aliphatic heterocycles. The number of fused-ring (bicyclic) bond motifs is 9. The van der Waals surface area contributed by atoms with Crippen molar-refractivity contribution in [3.8, 4) is 45.5 Å². The first-order valence-corrected chi connectivity index (χ1v) is 36.3. The van der Waals surface area contributed by atoms with Crippen molar-refractivity contribution in [2.75, 3.05) is 68.7 Å². The van der Waals surface area contributed by atoms with Gasteiger partial charge in [0.25, 0.3) is 11.8 Å². The largest absolute Gasteiger partial charge is 0.493 e. The highest BCUT2D eigenvalue weighted by atomic mass is 16.6. The SMILES string of the molecule is COc1cc2c(cc1OCCCCCOc1cc3c(cc1OC)C(=O)N1CC4(CC4)C[C@H]1[C@H](O)N3C(=O)OCc1ccc(NC(=O)[C@H](C)NC(=O)[C@@H](NC(=O)CNC(=O)CNC(=O)CCC(=O)N3Cc4ccccc4-c4nnn(C(C)(C)C)c4-c4ccccc43)C(C)C)cc1)N=C[C@@H]1CC3(CC3)CN1C2=O. The molecule has 2 spiro atoms. The Hall–Kier alpha value is -10.9. The third kappa shape index (κ3) is 15.6. The number of para-hydroxylation sites is 1. The molecule has 2 saturated heterocycles. The van der Waals surface area contributed by atoms with E-state index in [4.69, 9.17) is 28.7 Å². The van der Waals surface area contributed by atoms with Crippen LogP contribution in [0, 0.1) is 16.7 Å². The summed E-state index contributed by atoms with van der Waals surface area (Å²) < 4.78 is 31.7. The van der Waals surface area contributed by atoms with Gasteiger partial charge in [-0.2, -0.15) is 0 Å². The summed E-state index contributed by atoms with van der Waals surface area (Å²) in [5.41, 5.74) is 6.37. The van der Waals surface area contributed by atoms with Gasteiger partial charge >= 0.3 is 6.09 Å². The molecule has 106 heavy (non-hydrogen) atoms. The van der Waals surface area contributed by atoms with E-state index in [9.17, 15) is 48.3 Å². The minimum Gasteiger partial charge on any atom is -0.493 e. The molecule has 6 aromatic rings. The molecular formula is C78H91N13O15. The van der Waals surface area contributed by atoms with E-state index >= 15 is 0 Å². The zero-order valence-corrected chi connectivity index (χ0v) is 61.0. The fourth-order valence-corrected chi connectivity index (χ4v) is 14.7. The van der Waals surface area contributed by atoms with Gasteiger partial charge in [0.2, 0.25) is 35.4 Å². The normalized spacial score (nSPS) is 18.7. The molecule has 2 aliphatic carbocycles. The molecule has 13 rings (SSSR count). The Bertz CT molecular complexity index is 4460. The number of benzene rings is 5. The number of carbonyl (C=O) groups is 9. The summed E-state index contributed by atoms with van der Waals surface area (Å²) in [5, 5.41) is 34.3. The Morgan fingerprint density at radius 3 is 1.98 bits per heavy atom. The minimum absolute atomic E-state index is 0.0174. The molecule has 5 aromatic carbocycles. The summed E-state index contributed by atoms with van der Waals surface area (Å²) in [5.74, 6) is -2.90. The molecule has 6 heterocycles. The number of hydrogen-bond donors (Lipinski definition) is 6.